The first-order valence-corrected chi connectivity index (χ1v) is 12.5. The average Bonchev–Trinajstić information content (AvgIpc) is 3.82. The molecule has 2 heterocycles. The van der Waals surface area contributed by atoms with Gasteiger partial charge in [-0.05, 0) is 46.2 Å². The van der Waals surface area contributed by atoms with Gasteiger partial charge in [0.05, 0.1) is 13.2 Å². The van der Waals surface area contributed by atoms with Crippen LogP contribution in [0.2, 0.25) is 0 Å². The maximum absolute atomic E-state index is 6.74. The van der Waals surface area contributed by atoms with Crippen molar-refractivity contribution in [3.63, 3.8) is 0 Å². The van der Waals surface area contributed by atoms with Crippen LogP contribution in [0.15, 0.2) is 109 Å². The zero-order chi connectivity index (χ0) is 23.5. The predicted molar refractivity (Wildman–Crippen MR) is 137 cm³/mol. The van der Waals surface area contributed by atoms with Crippen LogP contribution in [0.4, 0.5) is 0 Å². The van der Waals surface area contributed by atoms with E-state index in [2.05, 4.69) is 109 Å². The Labute approximate surface area is 207 Å². The van der Waals surface area contributed by atoms with Crippen molar-refractivity contribution < 1.29 is 14.2 Å². The van der Waals surface area contributed by atoms with Crippen LogP contribution in [0.3, 0.4) is 0 Å². The number of epoxide rings is 2. The van der Waals surface area contributed by atoms with Crippen LogP contribution in [-0.2, 0) is 27.1 Å². The van der Waals surface area contributed by atoms with Crippen molar-refractivity contribution in [1.82, 2.24) is 0 Å². The Morgan fingerprint density at radius 2 is 0.857 bits per heavy atom. The molecule has 0 radical (unpaired) electrons. The lowest BCUT2D eigenvalue weighted by Crippen LogP contribution is -2.19. The molecule has 6 rings (SSSR count). The first-order chi connectivity index (χ1) is 17.3. The van der Waals surface area contributed by atoms with Crippen molar-refractivity contribution in [2.45, 2.75) is 37.3 Å². The molecule has 4 unspecified atom stereocenters. The highest BCUT2D eigenvalue weighted by atomic mass is 16.6. The second-order valence-electron chi connectivity index (χ2n) is 9.53. The van der Waals surface area contributed by atoms with E-state index in [1.54, 1.807) is 0 Å². The molecule has 2 aliphatic rings. The van der Waals surface area contributed by atoms with Gasteiger partial charge in [-0.25, -0.2) is 0 Å². The van der Waals surface area contributed by atoms with Crippen LogP contribution in [0.5, 0.6) is 0 Å². The van der Waals surface area contributed by atoms with Crippen LogP contribution < -0.4 is 0 Å². The molecule has 2 aliphatic heterocycles. The van der Waals surface area contributed by atoms with Gasteiger partial charge >= 0.3 is 0 Å². The van der Waals surface area contributed by atoms with Gasteiger partial charge < -0.3 is 14.2 Å². The largest absolute Gasteiger partial charge is 0.370 e. The SMILES string of the molecule is c1ccc(Cc2ccc(C(OC(c3ccc(Cc4ccccc4)cc3)C3CO3)C3CO3)cc2)cc1. The van der Waals surface area contributed by atoms with Crippen molar-refractivity contribution in [3.05, 3.63) is 143 Å². The van der Waals surface area contributed by atoms with Crippen LogP contribution in [0, 0.1) is 0 Å². The van der Waals surface area contributed by atoms with E-state index in [1.165, 1.54) is 22.3 Å². The molecular formula is C32H30O3. The van der Waals surface area contributed by atoms with E-state index in [-0.39, 0.29) is 24.4 Å². The molecule has 0 aliphatic carbocycles. The number of ether oxygens (including phenoxy) is 3. The first kappa shape index (κ1) is 22.2. The summed E-state index contributed by atoms with van der Waals surface area (Å²) in [6, 6.07) is 38.8. The van der Waals surface area contributed by atoms with E-state index in [4.69, 9.17) is 14.2 Å². The molecular weight excluding hydrogens is 432 g/mol. The summed E-state index contributed by atoms with van der Waals surface area (Å²) < 4.78 is 18.2. The van der Waals surface area contributed by atoms with Gasteiger partial charge in [0.1, 0.15) is 24.4 Å². The van der Waals surface area contributed by atoms with Crippen molar-refractivity contribution >= 4 is 0 Å². The fourth-order valence-corrected chi connectivity index (χ4v) is 4.69. The topological polar surface area (TPSA) is 34.3 Å². The average molecular weight is 463 g/mol. The number of hydrogen-bond acceptors (Lipinski definition) is 3. The lowest BCUT2D eigenvalue weighted by atomic mass is 9.99. The highest BCUT2D eigenvalue weighted by Gasteiger charge is 2.42. The van der Waals surface area contributed by atoms with Gasteiger partial charge in [-0.3, -0.25) is 0 Å². The van der Waals surface area contributed by atoms with Crippen molar-refractivity contribution in [3.8, 4) is 0 Å². The summed E-state index contributed by atoms with van der Waals surface area (Å²) in [5.41, 5.74) is 7.56. The number of rotatable bonds is 10. The summed E-state index contributed by atoms with van der Waals surface area (Å²) in [6.07, 6.45) is 1.88. The zero-order valence-electron chi connectivity index (χ0n) is 19.8. The zero-order valence-corrected chi connectivity index (χ0v) is 19.8. The van der Waals surface area contributed by atoms with Crippen LogP contribution in [0.25, 0.3) is 0 Å². The van der Waals surface area contributed by atoms with E-state index in [9.17, 15) is 0 Å². The molecule has 4 atom stereocenters. The smallest absolute Gasteiger partial charge is 0.112 e. The molecule has 0 N–H and O–H groups in total. The van der Waals surface area contributed by atoms with Gasteiger partial charge in [-0.1, -0.05) is 109 Å². The highest BCUT2D eigenvalue weighted by Crippen LogP contribution is 2.40. The molecule has 0 amide bonds. The fraction of sp³-hybridized carbons (Fsp3) is 0.250. The van der Waals surface area contributed by atoms with Gasteiger partial charge in [-0.2, -0.15) is 0 Å². The molecule has 0 aromatic heterocycles. The molecule has 0 saturated carbocycles. The van der Waals surface area contributed by atoms with Crippen LogP contribution in [-0.4, -0.2) is 25.4 Å². The van der Waals surface area contributed by atoms with Crippen LogP contribution in [0.1, 0.15) is 45.6 Å². The second kappa shape index (κ2) is 10.2. The summed E-state index contributed by atoms with van der Waals surface area (Å²) in [6.45, 7) is 1.48. The van der Waals surface area contributed by atoms with E-state index >= 15 is 0 Å². The van der Waals surface area contributed by atoms with E-state index in [0.29, 0.717) is 0 Å². The summed E-state index contributed by atoms with van der Waals surface area (Å²) in [5.74, 6) is 0. The molecule has 4 aromatic rings. The molecule has 3 heteroatoms. The van der Waals surface area contributed by atoms with E-state index < -0.39 is 0 Å². The minimum Gasteiger partial charge on any atom is -0.370 e. The Kier molecular flexibility index (Phi) is 6.46. The van der Waals surface area contributed by atoms with Gasteiger partial charge in [-0.15, -0.1) is 0 Å². The molecule has 2 saturated heterocycles. The van der Waals surface area contributed by atoms with Crippen LogP contribution >= 0.6 is 0 Å². The summed E-state index contributed by atoms with van der Waals surface area (Å²) in [7, 11) is 0. The Morgan fingerprint density at radius 3 is 1.20 bits per heavy atom. The van der Waals surface area contributed by atoms with Crippen molar-refractivity contribution in [2.24, 2.45) is 0 Å². The lowest BCUT2D eigenvalue weighted by Gasteiger charge is -2.24. The summed E-state index contributed by atoms with van der Waals surface area (Å²) in [5, 5.41) is 0. The molecule has 176 valence electrons. The third kappa shape index (κ3) is 5.71. The lowest BCUT2D eigenvalue weighted by molar-refractivity contribution is -0.0419. The second-order valence-corrected chi connectivity index (χ2v) is 9.53. The minimum absolute atomic E-state index is 0.0982. The Morgan fingerprint density at radius 1 is 0.514 bits per heavy atom. The Bertz CT molecular complexity index is 1110. The summed E-state index contributed by atoms with van der Waals surface area (Å²) >= 11 is 0. The van der Waals surface area contributed by atoms with Gasteiger partial charge in [0.25, 0.3) is 0 Å². The Hall–Kier alpha value is -3.24. The molecule has 4 aromatic carbocycles. The molecule has 35 heavy (non-hydrogen) atoms. The van der Waals surface area contributed by atoms with Gasteiger partial charge in [0.2, 0.25) is 0 Å². The maximum Gasteiger partial charge on any atom is 0.112 e. The number of hydrogen-bond donors (Lipinski definition) is 0. The standard InChI is InChI=1S/C32H30O3/c1-3-7-23(8-4-1)19-25-11-15-27(16-12-25)31(29-21-33-29)35-32(30-22-34-30)28-17-13-26(14-18-28)20-24-9-5-2-6-10-24/h1-18,29-32H,19-22H2. The van der Waals surface area contributed by atoms with E-state index in [1.807, 2.05) is 0 Å². The van der Waals surface area contributed by atoms with E-state index in [0.717, 1.165) is 37.2 Å². The fourth-order valence-electron chi connectivity index (χ4n) is 4.69. The molecule has 0 spiro atoms. The summed E-state index contributed by atoms with van der Waals surface area (Å²) in [4.78, 5) is 0. The van der Waals surface area contributed by atoms with Crippen molar-refractivity contribution in [2.75, 3.05) is 13.2 Å². The molecule has 3 nitrogen and oxygen atoms in total. The first-order valence-electron chi connectivity index (χ1n) is 12.5. The maximum atomic E-state index is 6.74. The third-order valence-corrected chi connectivity index (χ3v) is 6.81. The highest BCUT2D eigenvalue weighted by molar-refractivity contribution is 5.32. The minimum atomic E-state index is -0.0982. The van der Waals surface area contributed by atoms with Gasteiger partial charge in [0, 0.05) is 0 Å². The predicted octanol–water partition coefficient (Wildman–Crippen LogP) is 6.46. The quantitative estimate of drug-likeness (QED) is 0.254. The molecule has 0 bridgehead atoms. The monoisotopic (exact) mass is 462 g/mol. The molecule has 2 fully saturated rings. The normalized spacial score (nSPS) is 20.2. The van der Waals surface area contributed by atoms with Crippen molar-refractivity contribution in [1.29, 1.82) is 0 Å². The third-order valence-electron chi connectivity index (χ3n) is 6.81. The van der Waals surface area contributed by atoms with Gasteiger partial charge in [0.15, 0.2) is 0 Å². The number of benzene rings is 4. The Balaban J connectivity index is 1.17.